The fraction of sp³-hybridized carbons (Fsp3) is 0.0588. The third kappa shape index (κ3) is 4.18. The SMILES string of the molecule is Cl.O=C(/C=C/c1cccc(Cc2nc3ccccc3[nH]2)c1)NO. The molecule has 0 unspecified atom stereocenters. The molecule has 2 aromatic carbocycles. The lowest BCUT2D eigenvalue weighted by Crippen LogP contribution is -2.14. The maximum absolute atomic E-state index is 11.0. The summed E-state index contributed by atoms with van der Waals surface area (Å²) in [6, 6.07) is 15.7. The molecule has 3 aromatic rings. The monoisotopic (exact) mass is 329 g/mol. The number of amides is 1. The van der Waals surface area contributed by atoms with Crippen LogP contribution in [-0.4, -0.2) is 21.1 Å². The van der Waals surface area contributed by atoms with Crippen molar-refractivity contribution in [1.29, 1.82) is 0 Å². The van der Waals surface area contributed by atoms with E-state index in [1.165, 1.54) is 6.08 Å². The highest BCUT2D eigenvalue weighted by Gasteiger charge is 2.03. The van der Waals surface area contributed by atoms with E-state index in [1.807, 2.05) is 48.5 Å². The zero-order chi connectivity index (χ0) is 15.4. The number of halogens is 1. The van der Waals surface area contributed by atoms with Gasteiger partial charge in [0.05, 0.1) is 11.0 Å². The topological polar surface area (TPSA) is 78.0 Å². The lowest BCUT2D eigenvalue weighted by molar-refractivity contribution is -0.124. The van der Waals surface area contributed by atoms with Crippen LogP contribution in [0.25, 0.3) is 17.1 Å². The van der Waals surface area contributed by atoms with Gasteiger partial charge in [-0.1, -0.05) is 36.4 Å². The second-order valence-corrected chi connectivity index (χ2v) is 4.93. The summed E-state index contributed by atoms with van der Waals surface area (Å²) in [6.07, 6.45) is 3.61. The van der Waals surface area contributed by atoms with Crippen molar-refractivity contribution < 1.29 is 10.0 Å². The molecule has 0 saturated heterocycles. The molecule has 118 valence electrons. The number of rotatable bonds is 4. The van der Waals surface area contributed by atoms with Crippen LogP contribution in [0.4, 0.5) is 0 Å². The molecule has 5 nitrogen and oxygen atoms in total. The van der Waals surface area contributed by atoms with Crippen LogP contribution in [-0.2, 0) is 11.2 Å². The summed E-state index contributed by atoms with van der Waals surface area (Å²) in [5, 5.41) is 8.47. The normalized spacial score (nSPS) is 10.7. The average Bonchev–Trinajstić information content (AvgIpc) is 2.95. The predicted molar refractivity (Wildman–Crippen MR) is 91.6 cm³/mol. The fourth-order valence-electron chi connectivity index (χ4n) is 2.30. The van der Waals surface area contributed by atoms with Crippen molar-refractivity contribution >= 4 is 35.4 Å². The molecule has 0 spiro atoms. The molecule has 3 N–H and O–H groups in total. The number of H-pyrrole nitrogens is 1. The number of nitrogens with one attached hydrogen (secondary N) is 2. The summed E-state index contributed by atoms with van der Waals surface area (Å²) in [5.74, 6) is 0.345. The first-order valence-electron chi connectivity index (χ1n) is 6.89. The maximum Gasteiger partial charge on any atom is 0.267 e. The number of hydrogen-bond acceptors (Lipinski definition) is 3. The highest BCUT2D eigenvalue weighted by Crippen LogP contribution is 2.15. The molecule has 0 aliphatic carbocycles. The van der Waals surface area contributed by atoms with Gasteiger partial charge in [-0.05, 0) is 29.3 Å². The number of fused-ring (bicyclic) bond motifs is 1. The smallest absolute Gasteiger partial charge is 0.267 e. The first kappa shape index (κ1) is 16.7. The minimum atomic E-state index is -0.553. The van der Waals surface area contributed by atoms with Gasteiger partial charge in [0, 0.05) is 12.5 Å². The fourth-order valence-corrected chi connectivity index (χ4v) is 2.30. The Labute approximate surface area is 139 Å². The first-order chi connectivity index (χ1) is 10.7. The van der Waals surface area contributed by atoms with Crippen LogP contribution in [0.2, 0.25) is 0 Å². The predicted octanol–water partition coefficient (Wildman–Crippen LogP) is 3.09. The molecule has 6 heteroatoms. The number of carbonyl (C=O) groups is 1. The van der Waals surface area contributed by atoms with E-state index in [9.17, 15) is 4.79 Å². The number of benzene rings is 2. The molecule has 1 aromatic heterocycles. The van der Waals surface area contributed by atoms with E-state index < -0.39 is 5.91 Å². The molecule has 1 amide bonds. The third-order valence-electron chi connectivity index (χ3n) is 3.30. The Morgan fingerprint density at radius 2 is 2.04 bits per heavy atom. The van der Waals surface area contributed by atoms with Crippen molar-refractivity contribution in [2.45, 2.75) is 6.42 Å². The van der Waals surface area contributed by atoms with Crippen molar-refractivity contribution in [3.05, 3.63) is 71.6 Å². The van der Waals surface area contributed by atoms with Crippen LogP contribution in [0.1, 0.15) is 17.0 Å². The molecule has 0 atom stereocenters. The lowest BCUT2D eigenvalue weighted by atomic mass is 10.1. The van der Waals surface area contributed by atoms with Gasteiger partial charge in [0.1, 0.15) is 5.82 Å². The largest absolute Gasteiger partial charge is 0.342 e. The van der Waals surface area contributed by atoms with E-state index in [-0.39, 0.29) is 12.4 Å². The molecule has 1 heterocycles. The minimum absolute atomic E-state index is 0. The molecule has 0 aliphatic rings. The van der Waals surface area contributed by atoms with Gasteiger partial charge in [0.15, 0.2) is 0 Å². The van der Waals surface area contributed by atoms with Crippen molar-refractivity contribution in [3.8, 4) is 0 Å². The zero-order valence-electron chi connectivity index (χ0n) is 12.2. The number of aromatic amines is 1. The van der Waals surface area contributed by atoms with E-state index >= 15 is 0 Å². The molecule has 3 rings (SSSR count). The van der Waals surface area contributed by atoms with E-state index in [0.717, 1.165) is 28.0 Å². The number of aromatic nitrogens is 2. The average molecular weight is 330 g/mol. The van der Waals surface area contributed by atoms with Crippen LogP contribution >= 0.6 is 12.4 Å². The Kier molecular flexibility index (Phi) is 5.51. The quantitative estimate of drug-likeness (QED) is 0.391. The van der Waals surface area contributed by atoms with Crippen LogP contribution < -0.4 is 5.48 Å². The van der Waals surface area contributed by atoms with Crippen LogP contribution in [0.5, 0.6) is 0 Å². The van der Waals surface area contributed by atoms with Gasteiger partial charge in [-0.25, -0.2) is 10.5 Å². The van der Waals surface area contributed by atoms with Crippen LogP contribution in [0.3, 0.4) is 0 Å². The number of para-hydroxylation sites is 2. The molecule has 0 bridgehead atoms. The Bertz CT molecular complexity index is 809. The van der Waals surface area contributed by atoms with Crippen molar-refractivity contribution in [1.82, 2.24) is 15.4 Å². The highest BCUT2D eigenvalue weighted by atomic mass is 35.5. The Morgan fingerprint density at radius 1 is 1.22 bits per heavy atom. The summed E-state index contributed by atoms with van der Waals surface area (Å²) >= 11 is 0. The maximum atomic E-state index is 11.0. The number of nitrogens with zero attached hydrogens (tertiary/aromatic N) is 1. The van der Waals surface area contributed by atoms with E-state index in [2.05, 4.69) is 9.97 Å². The van der Waals surface area contributed by atoms with Gasteiger partial charge < -0.3 is 4.98 Å². The number of imidazole rings is 1. The third-order valence-corrected chi connectivity index (χ3v) is 3.30. The Balaban J connectivity index is 0.00000192. The molecule has 23 heavy (non-hydrogen) atoms. The van der Waals surface area contributed by atoms with Crippen LogP contribution in [0.15, 0.2) is 54.6 Å². The molecule has 0 saturated carbocycles. The molecular formula is C17H16ClN3O2. The van der Waals surface area contributed by atoms with E-state index in [0.29, 0.717) is 6.42 Å². The van der Waals surface area contributed by atoms with Gasteiger partial charge in [0.25, 0.3) is 5.91 Å². The van der Waals surface area contributed by atoms with Gasteiger partial charge in [-0.15, -0.1) is 12.4 Å². The van der Waals surface area contributed by atoms with Crippen molar-refractivity contribution in [2.75, 3.05) is 0 Å². The molecule has 0 aliphatic heterocycles. The summed E-state index contributed by atoms with van der Waals surface area (Å²) in [5.41, 5.74) is 5.51. The molecule has 0 fully saturated rings. The lowest BCUT2D eigenvalue weighted by Gasteiger charge is -2.00. The second-order valence-electron chi connectivity index (χ2n) is 4.93. The number of hydrogen-bond donors (Lipinski definition) is 3. The summed E-state index contributed by atoms with van der Waals surface area (Å²) < 4.78 is 0. The van der Waals surface area contributed by atoms with Gasteiger partial charge >= 0.3 is 0 Å². The second kappa shape index (κ2) is 7.58. The highest BCUT2D eigenvalue weighted by molar-refractivity contribution is 5.90. The summed E-state index contributed by atoms with van der Waals surface area (Å²) in [7, 11) is 0. The zero-order valence-corrected chi connectivity index (χ0v) is 13.0. The molecule has 0 radical (unpaired) electrons. The number of hydroxylamine groups is 1. The van der Waals surface area contributed by atoms with E-state index in [1.54, 1.807) is 11.6 Å². The number of carbonyl (C=O) groups excluding carboxylic acids is 1. The summed E-state index contributed by atoms with van der Waals surface area (Å²) in [6.45, 7) is 0. The van der Waals surface area contributed by atoms with E-state index in [4.69, 9.17) is 5.21 Å². The standard InChI is InChI=1S/C17H15N3O2.ClH/c21-17(20-22)9-8-12-4-3-5-13(10-12)11-16-18-14-6-1-2-7-15(14)19-16;/h1-10,22H,11H2,(H,18,19)(H,20,21);1H/b9-8+;. The first-order valence-corrected chi connectivity index (χ1v) is 6.89. The van der Waals surface area contributed by atoms with Crippen molar-refractivity contribution in [2.24, 2.45) is 0 Å². The Hall–Kier alpha value is -2.63. The summed E-state index contributed by atoms with van der Waals surface area (Å²) in [4.78, 5) is 18.8. The van der Waals surface area contributed by atoms with Gasteiger partial charge in [0.2, 0.25) is 0 Å². The van der Waals surface area contributed by atoms with Gasteiger partial charge in [-0.3, -0.25) is 10.0 Å². The van der Waals surface area contributed by atoms with Crippen LogP contribution in [0, 0.1) is 0 Å². The van der Waals surface area contributed by atoms with Gasteiger partial charge in [-0.2, -0.15) is 0 Å². The molecular weight excluding hydrogens is 314 g/mol. The minimum Gasteiger partial charge on any atom is -0.342 e. The van der Waals surface area contributed by atoms with Crippen molar-refractivity contribution in [3.63, 3.8) is 0 Å². The Morgan fingerprint density at radius 3 is 2.83 bits per heavy atom.